The second-order valence-electron chi connectivity index (χ2n) is 7.61. The summed E-state index contributed by atoms with van der Waals surface area (Å²) in [5.74, 6) is -1.81. The molecule has 0 aliphatic heterocycles. The number of aryl methyl sites for hydroxylation is 1. The molecule has 0 aliphatic rings. The van der Waals surface area contributed by atoms with Crippen molar-refractivity contribution in [2.24, 2.45) is 7.05 Å². The van der Waals surface area contributed by atoms with Crippen LogP contribution in [0.2, 0.25) is 5.02 Å². The number of Topliss-reactive ketones (excluding diaryl/α,β-unsaturated/α-hetero) is 1. The van der Waals surface area contributed by atoms with Crippen molar-refractivity contribution < 1.29 is 36.3 Å². The number of rotatable bonds is 7. The minimum Gasteiger partial charge on any atom is -0.437 e. The molecule has 0 radical (unpaired) electrons. The van der Waals surface area contributed by atoms with E-state index in [1.165, 1.54) is 14.0 Å². The van der Waals surface area contributed by atoms with Gasteiger partial charge < -0.3 is 10.1 Å². The number of aromatic nitrogens is 2. The van der Waals surface area contributed by atoms with Crippen LogP contribution in [0.3, 0.4) is 0 Å². The van der Waals surface area contributed by atoms with E-state index in [1.807, 2.05) is 0 Å². The monoisotopic (exact) mass is 515 g/mol. The average molecular weight is 516 g/mol. The summed E-state index contributed by atoms with van der Waals surface area (Å²) < 4.78 is 72.4. The Morgan fingerprint density at radius 1 is 1.11 bits per heavy atom. The number of carbonyl (C=O) groups excluding carboxylic acids is 2. The molecule has 1 amide bonds. The number of nitrogens with one attached hydrogen (secondary N) is 1. The van der Waals surface area contributed by atoms with E-state index >= 15 is 0 Å². The maximum absolute atomic E-state index is 13.7. The van der Waals surface area contributed by atoms with Crippen LogP contribution in [0.25, 0.3) is 0 Å². The topological polar surface area (TPSA) is 73.2 Å². The van der Waals surface area contributed by atoms with Crippen molar-refractivity contribution in [3.63, 3.8) is 0 Å². The predicted molar refractivity (Wildman–Crippen MR) is 117 cm³/mol. The first kappa shape index (κ1) is 26.1. The Morgan fingerprint density at radius 3 is 2.26 bits per heavy atom. The highest BCUT2D eigenvalue weighted by molar-refractivity contribution is 6.32. The van der Waals surface area contributed by atoms with Crippen LogP contribution in [0.15, 0.2) is 42.5 Å². The van der Waals surface area contributed by atoms with E-state index in [1.54, 1.807) is 31.2 Å². The summed E-state index contributed by atoms with van der Waals surface area (Å²) in [7, 11) is 1.24. The molecule has 1 aromatic heterocycles. The zero-order valence-corrected chi connectivity index (χ0v) is 19.3. The fourth-order valence-corrected chi connectivity index (χ4v) is 3.45. The van der Waals surface area contributed by atoms with Gasteiger partial charge in [-0.15, -0.1) is 0 Å². The summed E-state index contributed by atoms with van der Waals surface area (Å²) in [4.78, 5) is 24.5. The van der Waals surface area contributed by atoms with E-state index in [2.05, 4.69) is 10.4 Å². The Kier molecular flexibility index (Phi) is 7.49. The van der Waals surface area contributed by atoms with Crippen molar-refractivity contribution >= 4 is 23.3 Å². The van der Waals surface area contributed by atoms with E-state index in [4.69, 9.17) is 16.3 Å². The predicted octanol–water partition coefficient (Wildman–Crippen LogP) is 6.52. The summed E-state index contributed by atoms with van der Waals surface area (Å²) >= 11 is 5.91. The Morgan fingerprint density at radius 2 is 1.74 bits per heavy atom. The average Bonchev–Trinajstić information content (AvgIpc) is 3.10. The van der Waals surface area contributed by atoms with Crippen molar-refractivity contribution in [2.75, 3.05) is 0 Å². The smallest absolute Gasteiger partial charge is 0.416 e. The standard InChI is InChI=1S/C23H19ClF5N3O3/c1-11(13-4-6-14(7-5-13)12(2)33)30-21(34)18-19(20(25)26)31-32(3)22(18)35-17-9-8-15(10-16(17)24)23(27,28)29/h4-11,20H,1-3H3,(H,30,34)/t11-/m0/s1. The molecule has 0 bridgehead atoms. The van der Waals surface area contributed by atoms with E-state index in [0.29, 0.717) is 23.3 Å². The van der Waals surface area contributed by atoms with E-state index in [-0.39, 0.29) is 11.5 Å². The number of ether oxygens (including phenoxy) is 1. The van der Waals surface area contributed by atoms with Gasteiger partial charge in [0, 0.05) is 12.6 Å². The molecule has 0 saturated carbocycles. The second-order valence-corrected chi connectivity index (χ2v) is 8.02. The molecule has 0 fully saturated rings. The first-order valence-corrected chi connectivity index (χ1v) is 10.5. The van der Waals surface area contributed by atoms with Crippen molar-refractivity contribution in [2.45, 2.75) is 32.5 Å². The van der Waals surface area contributed by atoms with Gasteiger partial charge in [-0.05, 0) is 37.6 Å². The molecule has 0 unspecified atom stereocenters. The normalized spacial score (nSPS) is 12.5. The molecule has 1 atom stereocenters. The lowest BCUT2D eigenvalue weighted by Gasteiger charge is -2.16. The molecular weight excluding hydrogens is 497 g/mol. The summed E-state index contributed by atoms with van der Waals surface area (Å²) in [5, 5.41) is 5.77. The highest BCUT2D eigenvalue weighted by Gasteiger charge is 2.33. The second kappa shape index (κ2) is 10.0. The summed E-state index contributed by atoms with van der Waals surface area (Å²) in [6, 6.07) is 7.94. The van der Waals surface area contributed by atoms with E-state index in [0.717, 1.165) is 10.7 Å². The maximum Gasteiger partial charge on any atom is 0.416 e. The molecule has 0 spiro atoms. The van der Waals surface area contributed by atoms with Crippen LogP contribution in [0.5, 0.6) is 11.6 Å². The van der Waals surface area contributed by atoms with Gasteiger partial charge in [0.15, 0.2) is 5.78 Å². The lowest BCUT2D eigenvalue weighted by Crippen LogP contribution is -2.27. The molecular formula is C23H19ClF5N3O3. The molecule has 12 heteroatoms. The van der Waals surface area contributed by atoms with Gasteiger partial charge >= 0.3 is 6.18 Å². The molecule has 186 valence electrons. The first-order valence-electron chi connectivity index (χ1n) is 10.1. The molecule has 1 N–H and O–H groups in total. The summed E-state index contributed by atoms with van der Waals surface area (Å²) in [6.07, 6.45) is -7.80. The molecule has 3 aromatic rings. The third-order valence-electron chi connectivity index (χ3n) is 5.09. The number of ketones is 1. The quantitative estimate of drug-likeness (QED) is 0.287. The van der Waals surface area contributed by atoms with Crippen molar-refractivity contribution in [3.8, 4) is 11.6 Å². The minimum atomic E-state index is -4.65. The number of carbonyl (C=O) groups is 2. The number of amides is 1. The molecule has 3 rings (SSSR count). The first-order chi connectivity index (χ1) is 16.3. The Bertz CT molecular complexity index is 1260. The van der Waals surface area contributed by atoms with Crippen LogP contribution >= 0.6 is 11.6 Å². The molecule has 1 heterocycles. The minimum absolute atomic E-state index is 0.145. The number of hydrogen-bond donors (Lipinski definition) is 1. The Labute approximate surface area is 201 Å². The highest BCUT2D eigenvalue weighted by Crippen LogP contribution is 2.38. The molecule has 0 saturated heterocycles. The fourth-order valence-electron chi connectivity index (χ4n) is 3.23. The fraction of sp³-hybridized carbons (Fsp3) is 0.261. The number of hydrogen-bond acceptors (Lipinski definition) is 4. The van der Waals surface area contributed by atoms with Crippen molar-refractivity contribution in [3.05, 3.63) is 75.4 Å². The maximum atomic E-state index is 13.7. The Balaban J connectivity index is 1.93. The van der Waals surface area contributed by atoms with Gasteiger partial charge in [-0.1, -0.05) is 35.9 Å². The Hall–Kier alpha value is -3.47. The van der Waals surface area contributed by atoms with Crippen LogP contribution in [-0.2, 0) is 13.2 Å². The van der Waals surface area contributed by atoms with Gasteiger partial charge in [-0.3, -0.25) is 9.59 Å². The number of nitrogens with zero attached hydrogens (tertiary/aromatic N) is 2. The van der Waals surface area contributed by atoms with Crippen molar-refractivity contribution in [1.82, 2.24) is 15.1 Å². The van der Waals surface area contributed by atoms with E-state index in [9.17, 15) is 31.5 Å². The zero-order valence-electron chi connectivity index (χ0n) is 18.6. The molecule has 0 aliphatic carbocycles. The third-order valence-corrected chi connectivity index (χ3v) is 5.38. The van der Waals surface area contributed by atoms with Gasteiger partial charge in [0.2, 0.25) is 5.88 Å². The van der Waals surface area contributed by atoms with Gasteiger partial charge in [0.25, 0.3) is 12.3 Å². The zero-order chi connectivity index (χ0) is 26.1. The van der Waals surface area contributed by atoms with Gasteiger partial charge in [0.1, 0.15) is 17.0 Å². The highest BCUT2D eigenvalue weighted by atomic mass is 35.5. The van der Waals surface area contributed by atoms with Crippen LogP contribution < -0.4 is 10.1 Å². The molecule has 35 heavy (non-hydrogen) atoms. The molecule has 6 nitrogen and oxygen atoms in total. The van der Waals surface area contributed by atoms with Gasteiger partial charge in [-0.2, -0.15) is 18.3 Å². The number of halogens is 6. The lowest BCUT2D eigenvalue weighted by molar-refractivity contribution is -0.137. The van der Waals surface area contributed by atoms with E-state index < -0.39 is 52.3 Å². The summed E-state index contributed by atoms with van der Waals surface area (Å²) in [5.41, 5.74) is -1.44. The largest absolute Gasteiger partial charge is 0.437 e. The number of alkyl halides is 5. The van der Waals surface area contributed by atoms with Crippen LogP contribution in [0.1, 0.15) is 63.9 Å². The van der Waals surface area contributed by atoms with Gasteiger partial charge in [0.05, 0.1) is 16.6 Å². The third kappa shape index (κ3) is 5.79. The van der Waals surface area contributed by atoms with Crippen LogP contribution in [0.4, 0.5) is 22.0 Å². The lowest BCUT2D eigenvalue weighted by atomic mass is 10.0. The molecule has 2 aromatic carbocycles. The number of benzene rings is 2. The van der Waals surface area contributed by atoms with Crippen molar-refractivity contribution in [1.29, 1.82) is 0 Å². The van der Waals surface area contributed by atoms with Gasteiger partial charge in [-0.25, -0.2) is 13.5 Å². The SMILES string of the molecule is CC(=O)c1ccc([C@H](C)NC(=O)c2c(C(F)F)nn(C)c2Oc2ccc(C(F)(F)F)cc2Cl)cc1. The van der Waals surface area contributed by atoms with Crippen LogP contribution in [0, 0.1) is 0 Å². The summed E-state index contributed by atoms with van der Waals surface area (Å²) in [6.45, 7) is 3.01. The van der Waals surface area contributed by atoms with Crippen LogP contribution in [-0.4, -0.2) is 21.5 Å².